The zero-order chi connectivity index (χ0) is 14.7. The van der Waals surface area contributed by atoms with Gasteiger partial charge in [0.1, 0.15) is 0 Å². The highest BCUT2D eigenvalue weighted by Crippen LogP contribution is 2.24. The molecule has 0 bridgehead atoms. The van der Waals surface area contributed by atoms with Crippen LogP contribution in [0.15, 0.2) is 51.8 Å². The third-order valence-electron chi connectivity index (χ3n) is 3.10. The molecule has 0 aliphatic rings. The minimum atomic E-state index is -0.0335. The number of carbonyl (C=O) groups excluding carboxylic acids is 1. The second-order valence-corrected chi connectivity index (χ2v) is 5.94. The molecule has 0 unspecified atom stereocenters. The Labute approximate surface area is 133 Å². The maximum absolute atomic E-state index is 12.7. The Kier molecular flexibility index (Phi) is 4.89. The first-order valence-corrected chi connectivity index (χ1v) is 7.64. The van der Waals surface area contributed by atoms with Crippen molar-refractivity contribution >= 4 is 40.2 Å². The summed E-state index contributed by atoms with van der Waals surface area (Å²) >= 11 is 7.77. The molecule has 4 heteroatoms. The lowest BCUT2D eigenvalue weighted by molar-refractivity contribution is 0.0985. The Morgan fingerprint density at radius 1 is 1.20 bits per heavy atom. The molecule has 1 amide bonds. The van der Waals surface area contributed by atoms with Gasteiger partial charge in [-0.05, 0) is 44.2 Å². The molecule has 20 heavy (non-hydrogen) atoms. The molecule has 0 atom stereocenters. The van der Waals surface area contributed by atoms with Crippen LogP contribution in [0.25, 0.3) is 0 Å². The maximum atomic E-state index is 12.7. The van der Waals surface area contributed by atoms with Gasteiger partial charge in [0.15, 0.2) is 0 Å². The Morgan fingerprint density at radius 3 is 2.40 bits per heavy atom. The van der Waals surface area contributed by atoms with Crippen LogP contribution in [0.2, 0.25) is 0 Å². The standard InChI is InChI=1S/C16H16BrNOS/c1-3-18(13-7-4-11(2)5-8-13)16(19)14-9-6-12(17)10-15(14)20/h4-10,20H,3H2,1-2H3. The summed E-state index contributed by atoms with van der Waals surface area (Å²) in [4.78, 5) is 15.1. The molecular formula is C16H16BrNOS. The van der Waals surface area contributed by atoms with Crippen molar-refractivity contribution in [1.29, 1.82) is 0 Å². The number of rotatable bonds is 3. The molecule has 0 aliphatic carbocycles. The van der Waals surface area contributed by atoms with Gasteiger partial charge < -0.3 is 4.90 Å². The van der Waals surface area contributed by atoms with Crippen LogP contribution in [-0.2, 0) is 0 Å². The van der Waals surface area contributed by atoms with E-state index in [-0.39, 0.29) is 5.91 Å². The predicted molar refractivity (Wildman–Crippen MR) is 89.9 cm³/mol. The summed E-state index contributed by atoms with van der Waals surface area (Å²) < 4.78 is 0.914. The SMILES string of the molecule is CCN(C(=O)c1ccc(Br)cc1S)c1ccc(C)cc1. The second-order valence-electron chi connectivity index (χ2n) is 4.55. The van der Waals surface area contributed by atoms with E-state index in [0.717, 1.165) is 10.2 Å². The summed E-state index contributed by atoms with van der Waals surface area (Å²) in [5.74, 6) is -0.0335. The number of anilines is 1. The van der Waals surface area contributed by atoms with Crippen LogP contribution in [0.4, 0.5) is 5.69 Å². The molecule has 0 spiro atoms. The molecule has 2 nitrogen and oxygen atoms in total. The number of thiol groups is 1. The maximum Gasteiger partial charge on any atom is 0.259 e. The summed E-state index contributed by atoms with van der Waals surface area (Å²) in [5, 5.41) is 0. The monoisotopic (exact) mass is 349 g/mol. The minimum Gasteiger partial charge on any atom is -0.309 e. The van der Waals surface area contributed by atoms with Gasteiger partial charge in [-0.15, -0.1) is 12.6 Å². The first-order valence-electron chi connectivity index (χ1n) is 6.40. The topological polar surface area (TPSA) is 20.3 Å². The second kappa shape index (κ2) is 6.46. The van der Waals surface area contributed by atoms with Crippen molar-refractivity contribution in [3.63, 3.8) is 0 Å². The van der Waals surface area contributed by atoms with Gasteiger partial charge in [-0.25, -0.2) is 0 Å². The van der Waals surface area contributed by atoms with Gasteiger partial charge in [0, 0.05) is 21.6 Å². The molecule has 0 saturated carbocycles. The quantitative estimate of drug-likeness (QED) is 0.795. The summed E-state index contributed by atoms with van der Waals surface area (Å²) in [5.41, 5.74) is 2.69. The molecule has 2 aromatic carbocycles. The van der Waals surface area contributed by atoms with Crippen molar-refractivity contribution < 1.29 is 4.79 Å². The summed E-state index contributed by atoms with van der Waals surface area (Å²) in [6, 6.07) is 13.4. The number of aryl methyl sites for hydroxylation is 1. The zero-order valence-electron chi connectivity index (χ0n) is 11.4. The van der Waals surface area contributed by atoms with E-state index in [2.05, 4.69) is 28.6 Å². The van der Waals surface area contributed by atoms with E-state index < -0.39 is 0 Å². The highest BCUT2D eigenvalue weighted by atomic mass is 79.9. The molecule has 0 fully saturated rings. The van der Waals surface area contributed by atoms with Gasteiger partial charge in [0.2, 0.25) is 0 Å². The van der Waals surface area contributed by atoms with Crippen molar-refractivity contribution in [1.82, 2.24) is 0 Å². The van der Waals surface area contributed by atoms with Crippen molar-refractivity contribution in [3.8, 4) is 0 Å². The first kappa shape index (κ1) is 15.1. The molecule has 0 heterocycles. The first-order chi connectivity index (χ1) is 9.52. The average Bonchev–Trinajstić information content (AvgIpc) is 2.41. The van der Waals surface area contributed by atoms with Crippen LogP contribution >= 0.6 is 28.6 Å². The highest BCUT2D eigenvalue weighted by molar-refractivity contribution is 9.10. The predicted octanol–water partition coefficient (Wildman–Crippen LogP) is 4.71. The van der Waals surface area contributed by atoms with Gasteiger partial charge >= 0.3 is 0 Å². The van der Waals surface area contributed by atoms with Crippen molar-refractivity contribution in [2.45, 2.75) is 18.7 Å². The number of carbonyl (C=O) groups is 1. The molecule has 0 saturated heterocycles. The van der Waals surface area contributed by atoms with Gasteiger partial charge in [-0.3, -0.25) is 4.79 Å². The third-order valence-corrected chi connectivity index (χ3v) is 3.96. The normalized spacial score (nSPS) is 10.4. The number of benzene rings is 2. The van der Waals surface area contributed by atoms with Gasteiger partial charge in [-0.2, -0.15) is 0 Å². The molecule has 0 N–H and O–H groups in total. The minimum absolute atomic E-state index is 0.0335. The molecule has 0 radical (unpaired) electrons. The van der Waals surface area contributed by atoms with Crippen molar-refractivity contribution in [2.75, 3.05) is 11.4 Å². The number of nitrogens with zero attached hydrogens (tertiary/aromatic N) is 1. The van der Waals surface area contributed by atoms with Crippen LogP contribution in [0, 0.1) is 6.92 Å². The number of halogens is 1. The van der Waals surface area contributed by atoms with Crippen molar-refractivity contribution in [2.24, 2.45) is 0 Å². The van der Waals surface area contributed by atoms with E-state index in [9.17, 15) is 4.79 Å². The van der Waals surface area contributed by atoms with Gasteiger partial charge in [0.25, 0.3) is 5.91 Å². The fourth-order valence-corrected chi connectivity index (χ4v) is 2.85. The highest BCUT2D eigenvalue weighted by Gasteiger charge is 2.18. The van der Waals surface area contributed by atoms with Gasteiger partial charge in [-0.1, -0.05) is 33.6 Å². The number of amides is 1. The Morgan fingerprint density at radius 2 is 1.85 bits per heavy atom. The van der Waals surface area contributed by atoms with E-state index >= 15 is 0 Å². The fourth-order valence-electron chi connectivity index (χ4n) is 2.00. The van der Waals surface area contributed by atoms with Crippen LogP contribution in [0.5, 0.6) is 0 Å². The van der Waals surface area contributed by atoms with Crippen molar-refractivity contribution in [3.05, 3.63) is 58.1 Å². The fraction of sp³-hybridized carbons (Fsp3) is 0.188. The third kappa shape index (κ3) is 3.25. The van der Waals surface area contributed by atoms with Crippen LogP contribution in [0.3, 0.4) is 0 Å². The van der Waals surface area contributed by atoms with Crippen LogP contribution < -0.4 is 4.90 Å². The van der Waals surface area contributed by atoms with E-state index in [4.69, 9.17) is 0 Å². The Hall–Kier alpha value is -1.26. The lowest BCUT2D eigenvalue weighted by Gasteiger charge is -2.22. The largest absolute Gasteiger partial charge is 0.309 e. The molecule has 104 valence electrons. The zero-order valence-corrected chi connectivity index (χ0v) is 13.9. The lowest BCUT2D eigenvalue weighted by Crippen LogP contribution is -2.30. The van der Waals surface area contributed by atoms with Gasteiger partial charge in [0.05, 0.1) is 5.56 Å². The van der Waals surface area contributed by atoms with E-state index in [0.29, 0.717) is 17.0 Å². The van der Waals surface area contributed by atoms with Crippen LogP contribution in [0.1, 0.15) is 22.8 Å². The smallest absolute Gasteiger partial charge is 0.259 e. The Balaban J connectivity index is 2.36. The summed E-state index contributed by atoms with van der Waals surface area (Å²) in [6.07, 6.45) is 0. The van der Waals surface area contributed by atoms with Crippen LogP contribution in [-0.4, -0.2) is 12.5 Å². The molecule has 2 rings (SSSR count). The molecule has 0 aliphatic heterocycles. The van der Waals surface area contributed by atoms with E-state index in [1.54, 1.807) is 11.0 Å². The summed E-state index contributed by atoms with van der Waals surface area (Å²) in [7, 11) is 0. The Bertz CT molecular complexity index is 625. The number of hydrogen-bond acceptors (Lipinski definition) is 2. The molecular weight excluding hydrogens is 334 g/mol. The molecule has 2 aromatic rings. The van der Waals surface area contributed by atoms with E-state index in [1.165, 1.54) is 5.56 Å². The number of hydrogen-bond donors (Lipinski definition) is 1. The lowest BCUT2D eigenvalue weighted by atomic mass is 10.1. The van der Waals surface area contributed by atoms with E-state index in [1.807, 2.05) is 50.2 Å². The average molecular weight is 350 g/mol. The summed E-state index contributed by atoms with van der Waals surface area (Å²) in [6.45, 7) is 4.61. The molecule has 0 aromatic heterocycles.